The summed E-state index contributed by atoms with van der Waals surface area (Å²) in [6.45, 7) is 3.11. The van der Waals surface area contributed by atoms with Crippen molar-refractivity contribution in [1.82, 2.24) is 4.90 Å². The zero-order chi connectivity index (χ0) is 10.1. The Labute approximate surface area is 88.9 Å². The number of aliphatic hydroxyl groups is 1. The van der Waals surface area contributed by atoms with Gasteiger partial charge in [-0.25, -0.2) is 0 Å². The summed E-state index contributed by atoms with van der Waals surface area (Å²) in [4.78, 5) is 13.7. The monoisotopic (exact) mass is 215 g/mol. The predicted octanol–water partition coefficient (Wildman–Crippen LogP) is 0.721. The molecule has 0 aromatic heterocycles. The predicted molar refractivity (Wildman–Crippen MR) is 57.2 cm³/mol. The lowest BCUT2D eigenvalue weighted by Crippen LogP contribution is -2.40. The zero-order valence-electron chi connectivity index (χ0n) is 8.48. The van der Waals surface area contributed by atoms with Crippen molar-refractivity contribution in [3.63, 3.8) is 0 Å². The molecule has 0 aromatic carbocycles. The number of thioether (sulfide) groups is 1. The first-order chi connectivity index (χ1) is 6.72. The van der Waals surface area contributed by atoms with E-state index in [0.717, 1.165) is 13.0 Å². The molecule has 2 aliphatic heterocycles. The van der Waals surface area contributed by atoms with Crippen molar-refractivity contribution in [1.29, 1.82) is 0 Å². The van der Waals surface area contributed by atoms with Crippen molar-refractivity contribution in [3.8, 4) is 0 Å². The molecule has 2 saturated heterocycles. The van der Waals surface area contributed by atoms with E-state index in [4.69, 9.17) is 5.11 Å². The SMILES string of the molecule is CC1SCCC1N1CC(CO)CC1=O. The van der Waals surface area contributed by atoms with Crippen LogP contribution in [0.3, 0.4) is 0 Å². The Morgan fingerprint density at radius 1 is 1.64 bits per heavy atom. The number of aliphatic hydroxyl groups excluding tert-OH is 1. The molecule has 3 atom stereocenters. The number of carbonyl (C=O) groups is 1. The van der Waals surface area contributed by atoms with Crippen LogP contribution >= 0.6 is 11.8 Å². The topological polar surface area (TPSA) is 40.5 Å². The summed E-state index contributed by atoms with van der Waals surface area (Å²) in [6, 6.07) is 0.420. The first-order valence-corrected chi connectivity index (χ1v) is 6.29. The van der Waals surface area contributed by atoms with Gasteiger partial charge in [-0.3, -0.25) is 4.79 Å². The van der Waals surface area contributed by atoms with Crippen LogP contribution in [0.2, 0.25) is 0 Å². The van der Waals surface area contributed by atoms with Crippen molar-refractivity contribution in [2.45, 2.75) is 31.1 Å². The molecule has 0 radical (unpaired) electrons. The molecule has 14 heavy (non-hydrogen) atoms. The third kappa shape index (κ3) is 1.77. The molecule has 3 nitrogen and oxygen atoms in total. The van der Waals surface area contributed by atoms with Crippen LogP contribution in [0.5, 0.6) is 0 Å². The Kier molecular flexibility index (Phi) is 3.02. The van der Waals surface area contributed by atoms with E-state index in [9.17, 15) is 4.79 Å². The van der Waals surface area contributed by atoms with Gasteiger partial charge in [-0.15, -0.1) is 0 Å². The molecule has 1 amide bonds. The minimum atomic E-state index is 0.149. The number of hydrogen-bond donors (Lipinski definition) is 1. The summed E-state index contributed by atoms with van der Waals surface area (Å²) in [7, 11) is 0. The Morgan fingerprint density at radius 2 is 2.43 bits per heavy atom. The van der Waals surface area contributed by atoms with E-state index in [2.05, 4.69) is 6.92 Å². The maximum absolute atomic E-state index is 11.7. The van der Waals surface area contributed by atoms with E-state index >= 15 is 0 Å². The first-order valence-electron chi connectivity index (χ1n) is 5.24. The van der Waals surface area contributed by atoms with Gasteiger partial charge in [-0.05, 0) is 12.2 Å². The molecular weight excluding hydrogens is 198 g/mol. The van der Waals surface area contributed by atoms with Gasteiger partial charge >= 0.3 is 0 Å². The fraction of sp³-hybridized carbons (Fsp3) is 0.900. The van der Waals surface area contributed by atoms with Crippen LogP contribution in [0, 0.1) is 5.92 Å². The minimum Gasteiger partial charge on any atom is -0.396 e. The van der Waals surface area contributed by atoms with Gasteiger partial charge in [0.25, 0.3) is 0 Å². The van der Waals surface area contributed by atoms with E-state index in [0.29, 0.717) is 17.7 Å². The molecule has 2 rings (SSSR count). The molecule has 2 fully saturated rings. The molecule has 2 aliphatic rings. The minimum absolute atomic E-state index is 0.149. The molecule has 0 saturated carbocycles. The van der Waals surface area contributed by atoms with E-state index in [1.54, 1.807) is 0 Å². The third-order valence-electron chi connectivity index (χ3n) is 3.23. The van der Waals surface area contributed by atoms with Crippen molar-refractivity contribution in [2.75, 3.05) is 18.9 Å². The second-order valence-corrected chi connectivity index (χ2v) is 5.72. The maximum Gasteiger partial charge on any atom is 0.223 e. The van der Waals surface area contributed by atoms with Gasteiger partial charge in [-0.1, -0.05) is 6.92 Å². The molecule has 0 spiro atoms. The normalized spacial score (nSPS) is 38.3. The van der Waals surface area contributed by atoms with E-state index in [-0.39, 0.29) is 18.4 Å². The molecule has 2 heterocycles. The van der Waals surface area contributed by atoms with Gasteiger partial charge in [0.15, 0.2) is 0 Å². The maximum atomic E-state index is 11.7. The number of nitrogens with zero attached hydrogens (tertiary/aromatic N) is 1. The zero-order valence-corrected chi connectivity index (χ0v) is 9.30. The van der Waals surface area contributed by atoms with E-state index in [1.807, 2.05) is 16.7 Å². The second-order valence-electron chi connectivity index (χ2n) is 4.23. The van der Waals surface area contributed by atoms with Gasteiger partial charge in [0.05, 0.1) is 0 Å². The molecule has 80 valence electrons. The summed E-state index contributed by atoms with van der Waals surface area (Å²) in [5.41, 5.74) is 0. The van der Waals surface area contributed by atoms with E-state index < -0.39 is 0 Å². The summed E-state index contributed by atoms with van der Waals surface area (Å²) in [5.74, 6) is 1.59. The second kappa shape index (κ2) is 4.11. The number of likely N-dealkylation sites (tertiary alicyclic amines) is 1. The largest absolute Gasteiger partial charge is 0.396 e. The lowest BCUT2D eigenvalue weighted by atomic mass is 10.1. The summed E-state index contributed by atoms with van der Waals surface area (Å²) in [6.07, 6.45) is 1.67. The molecule has 0 aromatic rings. The first kappa shape index (κ1) is 10.3. The van der Waals surface area contributed by atoms with Crippen LogP contribution in [0.15, 0.2) is 0 Å². The highest BCUT2D eigenvalue weighted by atomic mass is 32.2. The quantitative estimate of drug-likeness (QED) is 0.738. The molecule has 3 unspecified atom stereocenters. The fourth-order valence-corrected chi connectivity index (χ4v) is 3.64. The van der Waals surface area contributed by atoms with Crippen molar-refractivity contribution >= 4 is 17.7 Å². The summed E-state index contributed by atoms with van der Waals surface area (Å²) in [5, 5.41) is 9.59. The standard InChI is InChI=1S/C10H17NO2S/c1-7-9(2-3-14-7)11-5-8(6-12)4-10(11)13/h7-9,12H,2-6H2,1H3. The van der Waals surface area contributed by atoms with Crippen molar-refractivity contribution < 1.29 is 9.90 Å². The third-order valence-corrected chi connectivity index (χ3v) is 4.54. The van der Waals surface area contributed by atoms with Gasteiger partial charge in [0, 0.05) is 36.8 Å². The van der Waals surface area contributed by atoms with Crippen molar-refractivity contribution in [3.05, 3.63) is 0 Å². The van der Waals surface area contributed by atoms with Gasteiger partial charge in [0.2, 0.25) is 5.91 Å². The van der Waals surface area contributed by atoms with Gasteiger partial charge < -0.3 is 10.0 Å². The van der Waals surface area contributed by atoms with Crippen LogP contribution in [0.4, 0.5) is 0 Å². The van der Waals surface area contributed by atoms with Crippen LogP contribution in [-0.2, 0) is 4.79 Å². The van der Waals surface area contributed by atoms with Crippen molar-refractivity contribution in [2.24, 2.45) is 5.92 Å². The number of rotatable bonds is 2. The lowest BCUT2D eigenvalue weighted by Gasteiger charge is -2.27. The lowest BCUT2D eigenvalue weighted by molar-refractivity contribution is -0.129. The molecule has 0 aliphatic carbocycles. The summed E-state index contributed by atoms with van der Waals surface area (Å²) >= 11 is 1.95. The van der Waals surface area contributed by atoms with E-state index in [1.165, 1.54) is 5.75 Å². The molecule has 0 bridgehead atoms. The highest BCUT2D eigenvalue weighted by Gasteiger charge is 2.38. The molecule has 4 heteroatoms. The summed E-state index contributed by atoms with van der Waals surface area (Å²) < 4.78 is 0. The number of carbonyl (C=O) groups excluding carboxylic acids is 1. The Morgan fingerprint density at radius 3 is 2.93 bits per heavy atom. The number of hydrogen-bond acceptors (Lipinski definition) is 3. The smallest absolute Gasteiger partial charge is 0.223 e. The Balaban J connectivity index is 2.00. The molecule has 1 N–H and O–H groups in total. The van der Waals surface area contributed by atoms with Crippen LogP contribution in [-0.4, -0.2) is 46.1 Å². The average Bonchev–Trinajstić information content (AvgIpc) is 2.72. The van der Waals surface area contributed by atoms with Crippen LogP contribution in [0.25, 0.3) is 0 Å². The molecular formula is C10H17NO2S. The average molecular weight is 215 g/mol. The Hall–Kier alpha value is -0.220. The van der Waals surface area contributed by atoms with Crippen LogP contribution in [0.1, 0.15) is 19.8 Å². The fourth-order valence-electron chi connectivity index (χ4n) is 2.38. The number of amides is 1. The van der Waals surface area contributed by atoms with Gasteiger partial charge in [-0.2, -0.15) is 11.8 Å². The van der Waals surface area contributed by atoms with Gasteiger partial charge in [0.1, 0.15) is 0 Å². The Bertz CT molecular complexity index is 234. The van der Waals surface area contributed by atoms with Crippen LogP contribution < -0.4 is 0 Å². The highest BCUT2D eigenvalue weighted by molar-refractivity contribution is 8.00. The highest BCUT2D eigenvalue weighted by Crippen LogP contribution is 2.33.